The molecule has 2 aromatic carbocycles. The summed E-state index contributed by atoms with van der Waals surface area (Å²) >= 11 is 3.26. The van der Waals surface area contributed by atoms with E-state index in [1.54, 1.807) is 30.3 Å². The van der Waals surface area contributed by atoms with Gasteiger partial charge >= 0.3 is 0 Å². The first-order valence-corrected chi connectivity index (χ1v) is 8.02. The van der Waals surface area contributed by atoms with Gasteiger partial charge in [-0.2, -0.15) is 0 Å². The molecule has 1 N–H and O–H groups in total. The van der Waals surface area contributed by atoms with Gasteiger partial charge in [0.2, 0.25) is 0 Å². The monoisotopic (exact) mass is 339 g/mol. The van der Waals surface area contributed by atoms with E-state index < -0.39 is 10.0 Å². The number of rotatable bonds is 3. The van der Waals surface area contributed by atoms with E-state index in [9.17, 15) is 8.42 Å². The number of anilines is 1. The molecule has 0 fully saturated rings. The number of hydrogen-bond donors (Lipinski definition) is 1. The molecule has 2 rings (SSSR count). The van der Waals surface area contributed by atoms with E-state index in [4.69, 9.17) is 0 Å². The summed E-state index contributed by atoms with van der Waals surface area (Å²) in [5, 5.41) is 0. The predicted octanol–water partition coefficient (Wildman–Crippen LogP) is 3.87. The van der Waals surface area contributed by atoms with E-state index in [1.165, 1.54) is 0 Å². The van der Waals surface area contributed by atoms with Crippen molar-refractivity contribution in [3.8, 4) is 0 Å². The largest absolute Gasteiger partial charge is 0.279 e. The van der Waals surface area contributed by atoms with Crippen LogP contribution in [0.25, 0.3) is 0 Å². The van der Waals surface area contributed by atoms with Crippen LogP contribution in [-0.4, -0.2) is 8.42 Å². The first-order chi connectivity index (χ1) is 8.90. The van der Waals surface area contributed by atoms with Gasteiger partial charge in [0.25, 0.3) is 10.0 Å². The highest BCUT2D eigenvalue weighted by molar-refractivity contribution is 9.10. The third kappa shape index (κ3) is 3.16. The van der Waals surface area contributed by atoms with Crippen molar-refractivity contribution < 1.29 is 8.42 Å². The van der Waals surface area contributed by atoms with Gasteiger partial charge in [-0.1, -0.05) is 29.8 Å². The fraction of sp³-hybridized carbons (Fsp3) is 0.143. The molecule has 19 heavy (non-hydrogen) atoms. The summed E-state index contributed by atoms with van der Waals surface area (Å²) in [6.45, 7) is 3.85. The molecular formula is C14H14BrNO2S. The molecular weight excluding hydrogens is 326 g/mol. The summed E-state index contributed by atoms with van der Waals surface area (Å²) < 4.78 is 27.8. The van der Waals surface area contributed by atoms with Crippen LogP contribution in [0.4, 0.5) is 5.69 Å². The van der Waals surface area contributed by atoms with Gasteiger partial charge in [0.15, 0.2) is 0 Å². The van der Waals surface area contributed by atoms with Crippen LogP contribution in [0.5, 0.6) is 0 Å². The highest BCUT2D eigenvalue weighted by atomic mass is 79.9. The SMILES string of the molecule is Cc1ccc(NS(=O)(=O)c2ccccc2Br)c(C)c1. The number of hydrogen-bond acceptors (Lipinski definition) is 2. The highest BCUT2D eigenvalue weighted by Gasteiger charge is 2.17. The van der Waals surface area contributed by atoms with Crippen molar-refractivity contribution >= 4 is 31.6 Å². The van der Waals surface area contributed by atoms with Gasteiger partial charge in [-0.25, -0.2) is 8.42 Å². The van der Waals surface area contributed by atoms with Crippen molar-refractivity contribution in [1.29, 1.82) is 0 Å². The Morgan fingerprint density at radius 1 is 1.05 bits per heavy atom. The second-order valence-corrected chi connectivity index (χ2v) is 6.86. The van der Waals surface area contributed by atoms with Crippen LogP contribution in [0.3, 0.4) is 0 Å². The Bertz CT molecular complexity index is 711. The first kappa shape index (κ1) is 14.1. The lowest BCUT2D eigenvalue weighted by Gasteiger charge is -2.12. The molecule has 0 atom stereocenters. The van der Waals surface area contributed by atoms with E-state index in [0.717, 1.165) is 11.1 Å². The van der Waals surface area contributed by atoms with Gasteiger partial charge in [0, 0.05) is 4.47 Å². The summed E-state index contributed by atoms with van der Waals surface area (Å²) in [4.78, 5) is 0.231. The van der Waals surface area contributed by atoms with Crippen LogP contribution in [0.1, 0.15) is 11.1 Å². The molecule has 0 saturated heterocycles. The maximum absolute atomic E-state index is 12.3. The number of aryl methyl sites for hydroxylation is 2. The minimum Gasteiger partial charge on any atom is -0.279 e. The lowest BCUT2D eigenvalue weighted by Crippen LogP contribution is -2.14. The third-order valence-electron chi connectivity index (χ3n) is 2.75. The Hall–Kier alpha value is -1.33. The molecule has 5 heteroatoms. The number of benzene rings is 2. The Balaban J connectivity index is 2.40. The van der Waals surface area contributed by atoms with E-state index in [1.807, 2.05) is 26.0 Å². The van der Waals surface area contributed by atoms with Crippen LogP contribution in [0, 0.1) is 13.8 Å². The van der Waals surface area contributed by atoms with Crippen molar-refractivity contribution in [3.05, 3.63) is 58.1 Å². The van der Waals surface area contributed by atoms with Gasteiger partial charge in [0.1, 0.15) is 4.90 Å². The molecule has 0 amide bonds. The highest BCUT2D eigenvalue weighted by Crippen LogP contribution is 2.25. The molecule has 0 aliphatic heterocycles. The zero-order valence-electron chi connectivity index (χ0n) is 10.6. The fourth-order valence-electron chi connectivity index (χ4n) is 1.79. The van der Waals surface area contributed by atoms with Gasteiger partial charge < -0.3 is 0 Å². The Kier molecular flexibility index (Phi) is 3.96. The van der Waals surface area contributed by atoms with Gasteiger partial charge in [-0.15, -0.1) is 0 Å². The Morgan fingerprint density at radius 3 is 2.37 bits per heavy atom. The molecule has 0 unspecified atom stereocenters. The topological polar surface area (TPSA) is 46.2 Å². The summed E-state index contributed by atoms with van der Waals surface area (Å²) in [5.74, 6) is 0. The molecule has 0 aliphatic carbocycles. The quantitative estimate of drug-likeness (QED) is 0.922. The standard InChI is InChI=1S/C14H14BrNO2S/c1-10-7-8-13(11(2)9-10)16-19(17,18)14-6-4-3-5-12(14)15/h3-9,16H,1-2H3. The van der Waals surface area contributed by atoms with Gasteiger partial charge in [0.05, 0.1) is 5.69 Å². The summed E-state index contributed by atoms with van der Waals surface area (Å²) in [7, 11) is -3.58. The second-order valence-electron chi connectivity index (χ2n) is 4.35. The number of nitrogens with one attached hydrogen (secondary N) is 1. The Labute approximate surface area is 121 Å². The lowest BCUT2D eigenvalue weighted by molar-refractivity contribution is 0.600. The van der Waals surface area contributed by atoms with Crippen molar-refractivity contribution in [2.75, 3.05) is 4.72 Å². The maximum Gasteiger partial charge on any atom is 0.263 e. The molecule has 2 aromatic rings. The van der Waals surface area contributed by atoms with Crippen LogP contribution < -0.4 is 4.72 Å². The van der Waals surface area contributed by atoms with Crippen molar-refractivity contribution in [2.45, 2.75) is 18.7 Å². The summed E-state index contributed by atoms with van der Waals surface area (Å²) in [5.41, 5.74) is 2.60. The minimum absolute atomic E-state index is 0.231. The van der Waals surface area contributed by atoms with Crippen LogP contribution in [0.15, 0.2) is 51.8 Å². The smallest absolute Gasteiger partial charge is 0.263 e. The van der Waals surface area contributed by atoms with E-state index in [2.05, 4.69) is 20.7 Å². The van der Waals surface area contributed by atoms with Crippen molar-refractivity contribution in [2.24, 2.45) is 0 Å². The second kappa shape index (κ2) is 5.35. The molecule has 0 bridgehead atoms. The molecule has 0 heterocycles. The molecule has 0 saturated carbocycles. The van der Waals surface area contributed by atoms with Crippen LogP contribution in [0.2, 0.25) is 0 Å². The van der Waals surface area contributed by atoms with E-state index in [-0.39, 0.29) is 4.90 Å². The van der Waals surface area contributed by atoms with Gasteiger partial charge in [-0.3, -0.25) is 4.72 Å². The molecule has 0 aromatic heterocycles. The maximum atomic E-state index is 12.3. The predicted molar refractivity (Wildman–Crippen MR) is 80.9 cm³/mol. The lowest BCUT2D eigenvalue weighted by atomic mass is 10.1. The fourth-order valence-corrected chi connectivity index (χ4v) is 3.93. The summed E-state index contributed by atoms with van der Waals surface area (Å²) in [6.07, 6.45) is 0. The molecule has 3 nitrogen and oxygen atoms in total. The molecule has 0 radical (unpaired) electrons. The molecule has 100 valence electrons. The average molecular weight is 340 g/mol. The first-order valence-electron chi connectivity index (χ1n) is 5.75. The van der Waals surface area contributed by atoms with Gasteiger partial charge in [-0.05, 0) is 53.5 Å². The van der Waals surface area contributed by atoms with Crippen LogP contribution in [-0.2, 0) is 10.0 Å². The molecule has 0 aliphatic rings. The van der Waals surface area contributed by atoms with Crippen molar-refractivity contribution in [1.82, 2.24) is 0 Å². The number of halogens is 1. The van der Waals surface area contributed by atoms with E-state index >= 15 is 0 Å². The number of sulfonamides is 1. The average Bonchev–Trinajstić information content (AvgIpc) is 2.33. The van der Waals surface area contributed by atoms with E-state index in [0.29, 0.717) is 10.2 Å². The third-order valence-corrected chi connectivity index (χ3v) is 5.13. The summed E-state index contributed by atoms with van der Waals surface area (Å²) in [6, 6.07) is 12.3. The zero-order valence-corrected chi connectivity index (χ0v) is 13.0. The van der Waals surface area contributed by atoms with Crippen molar-refractivity contribution in [3.63, 3.8) is 0 Å². The minimum atomic E-state index is -3.58. The normalized spacial score (nSPS) is 11.3. The Morgan fingerprint density at radius 2 is 1.74 bits per heavy atom. The molecule has 0 spiro atoms. The zero-order chi connectivity index (χ0) is 14.0. The van der Waals surface area contributed by atoms with Crippen LogP contribution >= 0.6 is 15.9 Å².